The van der Waals surface area contributed by atoms with Crippen LogP contribution in [0.25, 0.3) is 11.3 Å². The number of hydrogen-bond donors (Lipinski definition) is 3. The monoisotopic (exact) mass is 281 g/mol. The molecule has 19 heavy (non-hydrogen) atoms. The normalized spacial score (nSPS) is 14.1. The molecule has 1 heterocycles. The van der Waals surface area contributed by atoms with Crippen molar-refractivity contribution in [2.24, 2.45) is 5.73 Å². The zero-order chi connectivity index (χ0) is 14.0. The molecule has 0 aliphatic rings. The number of furan rings is 1. The van der Waals surface area contributed by atoms with Gasteiger partial charge in [0, 0.05) is 10.6 Å². The van der Waals surface area contributed by atoms with Gasteiger partial charge in [-0.25, -0.2) is 0 Å². The second kappa shape index (κ2) is 5.44. The molecule has 0 aliphatic carbocycles. The first-order chi connectivity index (χ1) is 8.99. The van der Waals surface area contributed by atoms with E-state index in [1.165, 1.54) is 6.07 Å². The Morgan fingerprint density at radius 3 is 2.37 bits per heavy atom. The Balaban J connectivity index is 2.24. The van der Waals surface area contributed by atoms with Gasteiger partial charge in [-0.05, 0) is 36.4 Å². The third-order valence-electron chi connectivity index (χ3n) is 2.64. The van der Waals surface area contributed by atoms with Gasteiger partial charge in [0.25, 0.3) is 0 Å². The maximum atomic E-state index is 10.8. The van der Waals surface area contributed by atoms with E-state index in [4.69, 9.17) is 21.8 Å². The van der Waals surface area contributed by atoms with Crippen LogP contribution < -0.4 is 5.73 Å². The number of carbonyl (C=O) groups is 1. The van der Waals surface area contributed by atoms with Crippen molar-refractivity contribution in [1.82, 2.24) is 0 Å². The van der Waals surface area contributed by atoms with E-state index in [0.29, 0.717) is 10.8 Å². The van der Waals surface area contributed by atoms with E-state index in [9.17, 15) is 15.0 Å². The predicted octanol–water partition coefficient (Wildman–Crippen LogP) is 1.48. The van der Waals surface area contributed by atoms with Crippen LogP contribution in [-0.2, 0) is 4.79 Å². The van der Waals surface area contributed by atoms with Gasteiger partial charge in [-0.15, -0.1) is 0 Å². The Kier molecular flexibility index (Phi) is 3.90. The molecular weight excluding hydrogens is 270 g/mol. The van der Waals surface area contributed by atoms with Crippen LogP contribution in [0.5, 0.6) is 0 Å². The van der Waals surface area contributed by atoms with Crippen LogP contribution in [0.4, 0.5) is 0 Å². The minimum absolute atomic E-state index is 0.0660. The highest BCUT2D eigenvalue weighted by Crippen LogP contribution is 2.27. The van der Waals surface area contributed by atoms with Gasteiger partial charge in [0.05, 0.1) is 0 Å². The van der Waals surface area contributed by atoms with Gasteiger partial charge in [0.2, 0.25) is 5.91 Å². The summed E-state index contributed by atoms with van der Waals surface area (Å²) in [4.78, 5) is 10.8. The lowest BCUT2D eigenvalue weighted by Gasteiger charge is -2.11. The zero-order valence-corrected chi connectivity index (χ0v) is 10.5. The summed E-state index contributed by atoms with van der Waals surface area (Å²) >= 11 is 5.78. The van der Waals surface area contributed by atoms with Gasteiger partial charge >= 0.3 is 0 Å². The number of aliphatic hydroxyl groups excluding tert-OH is 2. The summed E-state index contributed by atoms with van der Waals surface area (Å²) in [5, 5.41) is 19.7. The number of benzene rings is 1. The summed E-state index contributed by atoms with van der Waals surface area (Å²) in [7, 11) is 0. The maximum Gasteiger partial charge on any atom is 0.249 e. The number of carbonyl (C=O) groups excluding carboxylic acids is 1. The average molecular weight is 282 g/mol. The molecule has 0 saturated carbocycles. The molecule has 0 bridgehead atoms. The van der Waals surface area contributed by atoms with Crippen molar-refractivity contribution in [2.45, 2.75) is 12.2 Å². The van der Waals surface area contributed by atoms with Gasteiger partial charge in [0.15, 0.2) is 6.10 Å². The third kappa shape index (κ3) is 2.96. The number of halogens is 1. The maximum absolute atomic E-state index is 10.8. The fourth-order valence-electron chi connectivity index (χ4n) is 1.59. The lowest BCUT2D eigenvalue weighted by atomic mass is 10.1. The fraction of sp³-hybridized carbons (Fsp3) is 0.154. The minimum Gasteiger partial charge on any atom is -0.458 e. The zero-order valence-electron chi connectivity index (χ0n) is 9.79. The van der Waals surface area contributed by atoms with Crippen LogP contribution in [0.2, 0.25) is 5.02 Å². The first-order valence-corrected chi connectivity index (χ1v) is 5.88. The van der Waals surface area contributed by atoms with Crippen molar-refractivity contribution in [3.8, 4) is 11.3 Å². The van der Waals surface area contributed by atoms with Crippen molar-refractivity contribution < 1.29 is 19.4 Å². The van der Waals surface area contributed by atoms with Gasteiger partial charge in [-0.3, -0.25) is 4.79 Å². The first kappa shape index (κ1) is 13.6. The highest BCUT2D eigenvalue weighted by atomic mass is 35.5. The van der Waals surface area contributed by atoms with Crippen LogP contribution >= 0.6 is 11.6 Å². The number of nitrogens with two attached hydrogens (primary N) is 1. The molecule has 2 atom stereocenters. The smallest absolute Gasteiger partial charge is 0.249 e. The lowest BCUT2D eigenvalue weighted by Crippen LogP contribution is -2.33. The molecule has 0 spiro atoms. The molecule has 0 saturated heterocycles. The van der Waals surface area contributed by atoms with Gasteiger partial charge < -0.3 is 20.4 Å². The van der Waals surface area contributed by atoms with E-state index in [-0.39, 0.29) is 5.76 Å². The lowest BCUT2D eigenvalue weighted by molar-refractivity contribution is -0.132. The molecule has 6 heteroatoms. The second-order valence-electron chi connectivity index (χ2n) is 4.00. The Labute approximate surface area is 114 Å². The van der Waals surface area contributed by atoms with Crippen LogP contribution in [0.1, 0.15) is 11.9 Å². The molecule has 1 amide bonds. The van der Waals surface area contributed by atoms with Crippen LogP contribution in [0.15, 0.2) is 40.8 Å². The van der Waals surface area contributed by atoms with Crippen molar-refractivity contribution in [2.75, 3.05) is 0 Å². The predicted molar refractivity (Wildman–Crippen MR) is 69.3 cm³/mol. The van der Waals surface area contributed by atoms with Crippen LogP contribution in [0.3, 0.4) is 0 Å². The van der Waals surface area contributed by atoms with E-state index in [1.54, 1.807) is 30.3 Å². The Morgan fingerprint density at radius 2 is 1.79 bits per heavy atom. The highest BCUT2D eigenvalue weighted by Gasteiger charge is 2.26. The van der Waals surface area contributed by atoms with Crippen LogP contribution in [0, 0.1) is 0 Å². The van der Waals surface area contributed by atoms with E-state index in [1.807, 2.05) is 0 Å². The quantitative estimate of drug-likeness (QED) is 0.791. The molecule has 2 aromatic rings. The van der Waals surface area contributed by atoms with Crippen LogP contribution in [-0.4, -0.2) is 22.2 Å². The average Bonchev–Trinajstić information content (AvgIpc) is 2.87. The molecular formula is C13H12ClNO4. The molecule has 0 radical (unpaired) electrons. The number of rotatable bonds is 4. The summed E-state index contributed by atoms with van der Waals surface area (Å²) in [6.07, 6.45) is -3.19. The Bertz CT molecular complexity index is 579. The molecule has 2 unspecified atom stereocenters. The van der Waals surface area contributed by atoms with E-state index < -0.39 is 18.1 Å². The standard InChI is InChI=1S/C13H12ClNO4/c14-8-3-1-7(2-4-8)9-5-6-10(19-9)11(16)12(17)13(15)18/h1-6,11-12,16-17H,(H2,15,18). The molecule has 1 aromatic carbocycles. The Morgan fingerprint density at radius 1 is 1.16 bits per heavy atom. The summed E-state index contributed by atoms with van der Waals surface area (Å²) in [6.45, 7) is 0. The topological polar surface area (TPSA) is 96.7 Å². The molecule has 2 rings (SSSR count). The molecule has 100 valence electrons. The molecule has 1 aromatic heterocycles. The molecule has 0 aliphatic heterocycles. The van der Waals surface area contributed by atoms with E-state index >= 15 is 0 Å². The number of aliphatic hydroxyl groups is 2. The summed E-state index contributed by atoms with van der Waals surface area (Å²) in [5.41, 5.74) is 5.66. The molecule has 4 N–H and O–H groups in total. The number of primary amides is 1. The van der Waals surface area contributed by atoms with Crippen molar-refractivity contribution in [3.63, 3.8) is 0 Å². The highest BCUT2D eigenvalue weighted by molar-refractivity contribution is 6.30. The number of amides is 1. The van der Waals surface area contributed by atoms with Gasteiger partial charge in [-0.2, -0.15) is 0 Å². The molecule has 5 nitrogen and oxygen atoms in total. The largest absolute Gasteiger partial charge is 0.458 e. The molecule has 0 fully saturated rings. The van der Waals surface area contributed by atoms with Crippen molar-refractivity contribution in [3.05, 3.63) is 47.2 Å². The second-order valence-corrected chi connectivity index (χ2v) is 4.44. The number of hydrogen-bond acceptors (Lipinski definition) is 4. The van der Waals surface area contributed by atoms with Gasteiger partial charge in [0.1, 0.15) is 17.6 Å². The SMILES string of the molecule is NC(=O)C(O)C(O)c1ccc(-c2ccc(Cl)cc2)o1. The minimum atomic E-state index is -1.70. The summed E-state index contributed by atoms with van der Waals surface area (Å²) in [6, 6.07) is 10.0. The Hall–Kier alpha value is -1.82. The fourth-order valence-corrected chi connectivity index (χ4v) is 1.72. The van der Waals surface area contributed by atoms with Crippen molar-refractivity contribution >= 4 is 17.5 Å². The van der Waals surface area contributed by atoms with E-state index in [2.05, 4.69) is 0 Å². The van der Waals surface area contributed by atoms with E-state index in [0.717, 1.165) is 5.56 Å². The van der Waals surface area contributed by atoms with Gasteiger partial charge in [-0.1, -0.05) is 11.6 Å². The third-order valence-corrected chi connectivity index (χ3v) is 2.89. The first-order valence-electron chi connectivity index (χ1n) is 5.50. The summed E-state index contributed by atoms with van der Waals surface area (Å²) < 4.78 is 5.38. The van der Waals surface area contributed by atoms with Crippen molar-refractivity contribution in [1.29, 1.82) is 0 Å². The summed E-state index contributed by atoms with van der Waals surface area (Å²) in [5.74, 6) is -0.462.